The normalized spacial score (nSPS) is 13.7. The molecule has 0 saturated heterocycles. The minimum absolute atomic E-state index is 0. The van der Waals surface area contributed by atoms with E-state index >= 15 is 0 Å². The van der Waals surface area contributed by atoms with Crippen LogP contribution < -0.4 is 20.5 Å². The summed E-state index contributed by atoms with van der Waals surface area (Å²) in [5.74, 6) is 1.86. The van der Waals surface area contributed by atoms with Crippen LogP contribution in [0.15, 0.2) is 23.2 Å². The highest BCUT2D eigenvalue weighted by molar-refractivity contribution is 14.0. The zero-order chi connectivity index (χ0) is 18.5. The number of aryl methyl sites for hydroxylation is 2. The van der Waals surface area contributed by atoms with Gasteiger partial charge in [-0.05, 0) is 25.0 Å². The lowest BCUT2D eigenvalue weighted by atomic mass is 10.1. The SMILES string of the molecule is CCc1nn(C)c(CC)c1CN=C(N)Nc1ccc2c(c1)OCCCO2.I. The van der Waals surface area contributed by atoms with E-state index in [1.807, 2.05) is 29.9 Å². The predicted octanol–water partition coefficient (Wildman–Crippen LogP) is 3.25. The molecule has 2 heterocycles. The molecular formula is C19H28IN5O2. The molecule has 3 rings (SSSR count). The van der Waals surface area contributed by atoms with Crippen molar-refractivity contribution in [2.45, 2.75) is 39.7 Å². The van der Waals surface area contributed by atoms with Crippen LogP contribution in [0.2, 0.25) is 0 Å². The van der Waals surface area contributed by atoms with Gasteiger partial charge in [-0.1, -0.05) is 13.8 Å². The van der Waals surface area contributed by atoms with Crippen molar-refractivity contribution in [3.05, 3.63) is 35.2 Å². The van der Waals surface area contributed by atoms with Crippen LogP contribution in [-0.4, -0.2) is 29.0 Å². The molecule has 27 heavy (non-hydrogen) atoms. The van der Waals surface area contributed by atoms with Crippen LogP contribution in [0.5, 0.6) is 11.5 Å². The van der Waals surface area contributed by atoms with Gasteiger partial charge in [-0.25, -0.2) is 4.99 Å². The molecule has 0 aliphatic carbocycles. The maximum atomic E-state index is 6.09. The van der Waals surface area contributed by atoms with Gasteiger partial charge in [-0.15, -0.1) is 24.0 Å². The molecule has 0 atom stereocenters. The zero-order valence-corrected chi connectivity index (χ0v) is 18.4. The molecule has 0 amide bonds. The Bertz CT molecular complexity index is 804. The van der Waals surface area contributed by atoms with Crippen LogP contribution in [0.25, 0.3) is 0 Å². The highest BCUT2D eigenvalue weighted by atomic mass is 127. The van der Waals surface area contributed by atoms with E-state index in [0.29, 0.717) is 25.7 Å². The summed E-state index contributed by atoms with van der Waals surface area (Å²) in [5, 5.41) is 7.70. The number of aliphatic imine (C=N–C) groups is 1. The molecule has 1 aliphatic rings. The van der Waals surface area contributed by atoms with E-state index in [-0.39, 0.29) is 24.0 Å². The number of ether oxygens (including phenoxy) is 2. The van der Waals surface area contributed by atoms with Crippen LogP contribution in [0.3, 0.4) is 0 Å². The fraction of sp³-hybridized carbons (Fsp3) is 0.474. The quantitative estimate of drug-likeness (QED) is 0.386. The smallest absolute Gasteiger partial charge is 0.193 e. The molecular weight excluding hydrogens is 457 g/mol. The van der Waals surface area contributed by atoms with Crippen LogP contribution in [0, 0.1) is 0 Å². The number of rotatable bonds is 5. The second kappa shape index (κ2) is 9.82. The number of nitrogens with two attached hydrogens (primary N) is 1. The van der Waals surface area contributed by atoms with Crippen LogP contribution in [-0.2, 0) is 26.4 Å². The summed E-state index contributed by atoms with van der Waals surface area (Å²) in [7, 11) is 1.98. The second-order valence-electron chi connectivity index (χ2n) is 6.24. The standard InChI is InChI=1S/C19H27N5O2.HI/c1-4-15-14(16(5-2)24(3)23-15)12-21-19(20)22-13-7-8-17-18(11-13)26-10-6-9-25-17;/h7-8,11H,4-6,9-10,12H2,1-3H3,(H3,20,21,22);1H. The number of hydrogen-bond donors (Lipinski definition) is 2. The Morgan fingerprint density at radius 3 is 2.67 bits per heavy atom. The molecule has 7 nitrogen and oxygen atoms in total. The molecule has 8 heteroatoms. The van der Waals surface area contributed by atoms with Crippen molar-refractivity contribution in [2.24, 2.45) is 17.8 Å². The average molecular weight is 485 g/mol. The van der Waals surface area contributed by atoms with Gasteiger partial charge in [-0.2, -0.15) is 5.10 Å². The van der Waals surface area contributed by atoms with Gasteiger partial charge in [0.15, 0.2) is 17.5 Å². The number of aromatic nitrogens is 2. The zero-order valence-electron chi connectivity index (χ0n) is 16.1. The van der Waals surface area contributed by atoms with Gasteiger partial charge in [0.2, 0.25) is 0 Å². The molecule has 3 N–H and O–H groups in total. The molecule has 2 aromatic rings. The largest absolute Gasteiger partial charge is 0.490 e. The first kappa shape index (κ1) is 21.3. The molecule has 0 saturated carbocycles. The molecule has 0 radical (unpaired) electrons. The summed E-state index contributed by atoms with van der Waals surface area (Å²) in [6, 6.07) is 5.69. The second-order valence-corrected chi connectivity index (χ2v) is 6.24. The summed E-state index contributed by atoms with van der Waals surface area (Å²) in [6.07, 6.45) is 2.68. The van der Waals surface area contributed by atoms with Crippen molar-refractivity contribution < 1.29 is 9.47 Å². The number of guanidine groups is 1. The van der Waals surface area contributed by atoms with Crippen molar-refractivity contribution in [3.8, 4) is 11.5 Å². The van der Waals surface area contributed by atoms with Crippen molar-refractivity contribution in [3.63, 3.8) is 0 Å². The Kier molecular flexibility index (Phi) is 7.76. The van der Waals surface area contributed by atoms with E-state index in [1.54, 1.807) is 0 Å². The van der Waals surface area contributed by atoms with Gasteiger partial charge in [0, 0.05) is 36.5 Å². The average Bonchev–Trinajstić information content (AvgIpc) is 2.79. The highest BCUT2D eigenvalue weighted by Gasteiger charge is 2.14. The fourth-order valence-electron chi connectivity index (χ4n) is 3.17. The number of nitrogens with one attached hydrogen (secondary N) is 1. The first-order valence-corrected chi connectivity index (χ1v) is 9.12. The van der Waals surface area contributed by atoms with Crippen LogP contribution in [0.4, 0.5) is 5.69 Å². The minimum atomic E-state index is 0. The first-order chi connectivity index (χ1) is 12.6. The molecule has 0 bridgehead atoms. The monoisotopic (exact) mass is 485 g/mol. The topological polar surface area (TPSA) is 86.7 Å². The maximum absolute atomic E-state index is 6.09. The summed E-state index contributed by atoms with van der Waals surface area (Å²) < 4.78 is 13.3. The van der Waals surface area contributed by atoms with Crippen LogP contribution in [0.1, 0.15) is 37.2 Å². The number of anilines is 1. The molecule has 1 aromatic carbocycles. The third-order valence-corrected chi connectivity index (χ3v) is 4.46. The van der Waals surface area contributed by atoms with E-state index in [4.69, 9.17) is 15.2 Å². The van der Waals surface area contributed by atoms with Crippen molar-refractivity contribution >= 4 is 35.6 Å². The Hall–Kier alpha value is -1.97. The molecule has 0 fully saturated rings. The van der Waals surface area contributed by atoms with E-state index in [2.05, 4.69) is 29.3 Å². The Morgan fingerprint density at radius 2 is 1.96 bits per heavy atom. The van der Waals surface area contributed by atoms with E-state index in [0.717, 1.165) is 42.1 Å². The lowest BCUT2D eigenvalue weighted by Gasteiger charge is -2.11. The Labute approximate surface area is 177 Å². The number of hydrogen-bond acceptors (Lipinski definition) is 4. The van der Waals surface area contributed by atoms with Crippen LogP contribution >= 0.6 is 24.0 Å². The number of fused-ring (bicyclic) bond motifs is 1. The summed E-state index contributed by atoms with van der Waals surface area (Å²) in [6.45, 7) is 6.08. The number of nitrogens with zero attached hydrogens (tertiary/aromatic N) is 3. The van der Waals surface area contributed by atoms with Gasteiger partial charge in [-0.3, -0.25) is 4.68 Å². The van der Waals surface area contributed by atoms with Crippen molar-refractivity contribution in [1.29, 1.82) is 0 Å². The summed E-state index contributed by atoms with van der Waals surface area (Å²) in [4.78, 5) is 4.51. The molecule has 0 unspecified atom stereocenters. The molecule has 1 aromatic heterocycles. The van der Waals surface area contributed by atoms with E-state index in [9.17, 15) is 0 Å². The lowest BCUT2D eigenvalue weighted by Crippen LogP contribution is -2.22. The van der Waals surface area contributed by atoms with Gasteiger partial charge < -0.3 is 20.5 Å². The predicted molar refractivity (Wildman–Crippen MR) is 118 cm³/mol. The van der Waals surface area contributed by atoms with Gasteiger partial charge in [0.05, 0.1) is 25.5 Å². The molecule has 148 valence electrons. The van der Waals surface area contributed by atoms with Crippen molar-refractivity contribution in [2.75, 3.05) is 18.5 Å². The Balaban J connectivity index is 0.00000261. The van der Waals surface area contributed by atoms with E-state index in [1.165, 1.54) is 11.3 Å². The summed E-state index contributed by atoms with van der Waals surface area (Å²) in [5.41, 5.74) is 10.4. The van der Waals surface area contributed by atoms with Crippen molar-refractivity contribution in [1.82, 2.24) is 9.78 Å². The van der Waals surface area contributed by atoms with E-state index < -0.39 is 0 Å². The highest BCUT2D eigenvalue weighted by Crippen LogP contribution is 2.32. The molecule has 0 spiro atoms. The van der Waals surface area contributed by atoms with Gasteiger partial charge >= 0.3 is 0 Å². The minimum Gasteiger partial charge on any atom is -0.490 e. The van der Waals surface area contributed by atoms with Gasteiger partial charge in [0.25, 0.3) is 0 Å². The molecule has 1 aliphatic heterocycles. The number of benzene rings is 1. The first-order valence-electron chi connectivity index (χ1n) is 9.12. The summed E-state index contributed by atoms with van der Waals surface area (Å²) >= 11 is 0. The third-order valence-electron chi connectivity index (χ3n) is 4.46. The maximum Gasteiger partial charge on any atom is 0.193 e. The fourth-order valence-corrected chi connectivity index (χ4v) is 3.17. The van der Waals surface area contributed by atoms with Gasteiger partial charge in [0.1, 0.15) is 0 Å². The number of halogens is 1. The Morgan fingerprint density at radius 1 is 1.22 bits per heavy atom. The lowest BCUT2D eigenvalue weighted by molar-refractivity contribution is 0.297. The third kappa shape index (κ3) is 5.06.